The number of benzene rings is 1. The lowest BCUT2D eigenvalue weighted by Crippen LogP contribution is -2.09. The molecule has 0 saturated heterocycles. The predicted molar refractivity (Wildman–Crippen MR) is 90.9 cm³/mol. The van der Waals surface area contributed by atoms with E-state index in [1.165, 1.54) is 10.5 Å². The molecule has 0 radical (unpaired) electrons. The largest absolute Gasteiger partial charge is 0.368 e. The van der Waals surface area contributed by atoms with E-state index >= 15 is 0 Å². The molecule has 0 aliphatic rings. The lowest BCUT2D eigenvalue weighted by molar-refractivity contribution is 0.871. The quantitative estimate of drug-likeness (QED) is 0.631. The fourth-order valence-electron chi connectivity index (χ4n) is 1.92. The summed E-state index contributed by atoms with van der Waals surface area (Å²) < 4.78 is 0. The maximum absolute atomic E-state index is 5.87. The van der Waals surface area contributed by atoms with Gasteiger partial charge in [-0.15, -0.1) is 11.8 Å². The summed E-state index contributed by atoms with van der Waals surface area (Å²) in [4.78, 5) is 9.24. The Morgan fingerprint density at radius 1 is 1.14 bits per heavy atom. The first-order valence-electron chi connectivity index (χ1n) is 6.77. The van der Waals surface area contributed by atoms with E-state index in [0.717, 1.165) is 0 Å². The minimum absolute atomic E-state index is 0.105. The van der Waals surface area contributed by atoms with Crippen molar-refractivity contribution in [1.29, 1.82) is 0 Å². The van der Waals surface area contributed by atoms with Crippen LogP contribution in [0.1, 0.15) is 32.4 Å². The molecule has 2 aromatic rings. The number of thioether (sulfide) groups is 1. The number of nitrogens with two attached hydrogens (primary N) is 1. The summed E-state index contributed by atoms with van der Waals surface area (Å²) >= 11 is 7.73. The molecule has 1 unspecified atom stereocenters. The van der Waals surface area contributed by atoms with Gasteiger partial charge in [-0.1, -0.05) is 37.6 Å². The van der Waals surface area contributed by atoms with Gasteiger partial charge in [0.05, 0.1) is 0 Å². The van der Waals surface area contributed by atoms with Crippen LogP contribution in [0.25, 0.3) is 0 Å². The molecule has 0 amide bonds. The molecule has 0 aliphatic heterocycles. The molecule has 0 bridgehead atoms. The third-order valence-corrected chi connectivity index (χ3v) is 4.04. The average Bonchev–Trinajstić information content (AvgIpc) is 2.37. The highest BCUT2D eigenvalue weighted by Gasteiger charge is 2.08. The molecule has 4 nitrogen and oxygen atoms in total. The number of rotatable bonds is 5. The molecular formula is C15H19ClN4S. The molecule has 1 heterocycles. The number of nitrogen functional groups attached to an aromatic ring is 1. The zero-order chi connectivity index (χ0) is 15.4. The smallest absolute Gasteiger partial charge is 0.223 e. The van der Waals surface area contributed by atoms with Crippen LogP contribution in [0.5, 0.6) is 0 Å². The van der Waals surface area contributed by atoms with Gasteiger partial charge < -0.3 is 11.1 Å². The molecule has 1 aromatic heterocycles. The Balaban J connectivity index is 2.07. The lowest BCUT2D eigenvalue weighted by atomic mass is 10.1. The summed E-state index contributed by atoms with van der Waals surface area (Å²) in [5.74, 6) is 0.793. The lowest BCUT2D eigenvalue weighted by Gasteiger charge is -2.16. The van der Waals surface area contributed by atoms with Crippen LogP contribution in [0.15, 0.2) is 35.2 Å². The number of anilines is 2. The maximum atomic E-state index is 5.87. The standard InChI is InChI=1S/C15H19ClN4S/c1-9(2)21-12-6-4-11(5-7-12)10(3)18-14-8-13(16)19-15(17)20-14/h4-10H,1-3H3,(H3,17,18,19,20). The van der Waals surface area contributed by atoms with Crippen molar-refractivity contribution in [2.75, 3.05) is 11.1 Å². The molecule has 0 fully saturated rings. The van der Waals surface area contributed by atoms with Crippen molar-refractivity contribution in [3.63, 3.8) is 0 Å². The highest BCUT2D eigenvalue weighted by molar-refractivity contribution is 7.99. The first-order valence-corrected chi connectivity index (χ1v) is 8.03. The Labute approximate surface area is 134 Å². The van der Waals surface area contributed by atoms with Gasteiger partial charge in [0.25, 0.3) is 0 Å². The molecule has 21 heavy (non-hydrogen) atoms. The molecule has 0 saturated carbocycles. The fraction of sp³-hybridized carbons (Fsp3) is 0.333. The monoisotopic (exact) mass is 322 g/mol. The number of nitrogens with zero attached hydrogens (tertiary/aromatic N) is 2. The van der Waals surface area contributed by atoms with Crippen LogP contribution in [0.3, 0.4) is 0 Å². The zero-order valence-corrected chi connectivity index (χ0v) is 13.9. The molecule has 0 aliphatic carbocycles. The third kappa shape index (κ3) is 4.79. The first-order chi connectivity index (χ1) is 9.94. The Morgan fingerprint density at radius 3 is 2.38 bits per heavy atom. The van der Waals surface area contributed by atoms with Crippen molar-refractivity contribution in [3.8, 4) is 0 Å². The van der Waals surface area contributed by atoms with Gasteiger partial charge in [0.1, 0.15) is 11.0 Å². The maximum Gasteiger partial charge on any atom is 0.223 e. The number of nitrogens with one attached hydrogen (secondary N) is 1. The van der Waals surface area contributed by atoms with Crippen LogP contribution >= 0.6 is 23.4 Å². The van der Waals surface area contributed by atoms with Gasteiger partial charge in [-0.25, -0.2) is 4.98 Å². The number of halogens is 1. The first kappa shape index (κ1) is 15.9. The highest BCUT2D eigenvalue weighted by atomic mass is 35.5. The molecule has 112 valence electrons. The van der Waals surface area contributed by atoms with Crippen LogP contribution in [0.2, 0.25) is 5.15 Å². The molecule has 1 atom stereocenters. The van der Waals surface area contributed by atoms with E-state index in [9.17, 15) is 0 Å². The molecule has 0 spiro atoms. The summed E-state index contributed by atoms with van der Waals surface area (Å²) in [5.41, 5.74) is 6.77. The van der Waals surface area contributed by atoms with Crippen LogP contribution in [0.4, 0.5) is 11.8 Å². The van der Waals surface area contributed by atoms with Crippen molar-refractivity contribution in [2.45, 2.75) is 37.0 Å². The van der Waals surface area contributed by atoms with E-state index in [2.05, 4.69) is 60.3 Å². The molecule has 1 aromatic carbocycles. The van der Waals surface area contributed by atoms with Gasteiger partial charge in [-0.2, -0.15) is 4.98 Å². The van der Waals surface area contributed by atoms with E-state index in [1.807, 2.05) is 11.8 Å². The third-order valence-electron chi connectivity index (χ3n) is 2.83. The average molecular weight is 323 g/mol. The van der Waals surface area contributed by atoms with Gasteiger partial charge in [-0.3, -0.25) is 0 Å². The molecule has 3 N–H and O–H groups in total. The Morgan fingerprint density at radius 2 is 1.81 bits per heavy atom. The van der Waals surface area contributed by atoms with Crippen molar-refractivity contribution >= 4 is 35.1 Å². The topological polar surface area (TPSA) is 63.8 Å². The summed E-state index contributed by atoms with van der Waals surface area (Å²) in [6, 6.07) is 10.3. The van der Waals surface area contributed by atoms with E-state index in [1.54, 1.807) is 6.07 Å². The second-order valence-corrected chi connectivity index (χ2v) is 7.07. The van der Waals surface area contributed by atoms with Crippen molar-refractivity contribution in [3.05, 3.63) is 41.0 Å². The normalized spacial score (nSPS) is 12.4. The minimum Gasteiger partial charge on any atom is -0.368 e. The number of hydrogen-bond donors (Lipinski definition) is 2. The van der Waals surface area contributed by atoms with Crippen LogP contribution in [-0.2, 0) is 0 Å². The molecule has 6 heteroatoms. The van der Waals surface area contributed by atoms with Crippen molar-refractivity contribution in [1.82, 2.24) is 9.97 Å². The van der Waals surface area contributed by atoms with Crippen molar-refractivity contribution < 1.29 is 0 Å². The Hall–Kier alpha value is -1.46. The second-order valence-electron chi connectivity index (χ2n) is 5.04. The summed E-state index contributed by atoms with van der Waals surface area (Å²) in [7, 11) is 0. The summed E-state index contributed by atoms with van der Waals surface area (Å²) in [6.07, 6.45) is 0. The van der Waals surface area contributed by atoms with Gasteiger partial charge in [-0.05, 0) is 24.6 Å². The van der Waals surface area contributed by atoms with Crippen LogP contribution in [-0.4, -0.2) is 15.2 Å². The number of hydrogen-bond acceptors (Lipinski definition) is 5. The van der Waals surface area contributed by atoms with Gasteiger partial charge in [0.2, 0.25) is 5.95 Å². The molecular weight excluding hydrogens is 304 g/mol. The summed E-state index contributed by atoms with van der Waals surface area (Å²) in [6.45, 7) is 6.44. The van der Waals surface area contributed by atoms with E-state index in [0.29, 0.717) is 16.2 Å². The van der Waals surface area contributed by atoms with E-state index < -0.39 is 0 Å². The van der Waals surface area contributed by atoms with Crippen molar-refractivity contribution in [2.24, 2.45) is 0 Å². The Bertz CT molecular complexity index is 581. The minimum atomic E-state index is 0.105. The Kier molecular flexibility index (Phi) is 5.31. The van der Waals surface area contributed by atoms with Crippen LogP contribution < -0.4 is 11.1 Å². The number of aromatic nitrogens is 2. The van der Waals surface area contributed by atoms with Gasteiger partial charge in [0, 0.05) is 22.3 Å². The fourth-order valence-corrected chi connectivity index (χ4v) is 2.95. The predicted octanol–water partition coefficient (Wildman–Crippen LogP) is 4.39. The summed E-state index contributed by atoms with van der Waals surface area (Å²) in [5, 5.41) is 4.19. The van der Waals surface area contributed by atoms with Gasteiger partial charge >= 0.3 is 0 Å². The second kappa shape index (κ2) is 7.00. The van der Waals surface area contributed by atoms with E-state index in [-0.39, 0.29) is 12.0 Å². The van der Waals surface area contributed by atoms with Crippen LogP contribution in [0, 0.1) is 0 Å². The highest BCUT2D eigenvalue weighted by Crippen LogP contribution is 2.26. The van der Waals surface area contributed by atoms with E-state index in [4.69, 9.17) is 17.3 Å². The van der Waals surface area contributed by atoms with Gasteiger partial charge in [0.15, 0.2) is 0 Å². The zero-order valence-electron chi connectivity index (χ0n) is 12.3. The SMILES string of the molecule is CC(C)Sc1ccc(C(C)Nc2cc(Cl)nc(N)n2)cc1. The molecule has 2 rings (SSSR count).